The molecule has 1 heterocycles. The van der Waals surface area contributed by atoms with Gasteiger partial charge in [0.05, 0.1) is 11.4 Å². The van der Waals surface area contributed by atoms with Crippen LogP contribution in [0.25, 0.3) is 5.69 Å². The van der Waals surface area contributed by atoms with Gasteiger partial charge in [-0.1, -0.05) is 36.0 Å². The number of nitrogens with zero attached hydrogens (tertiary/aromatic N) is 4. The van der Waals surface area contributed by atoms with E-state index in [0.717, 1.165) is 5.69 Å². The molecule has 122 valence electrons. The number of hydrogen-bond acceptors (Lipinski definition) is 5. The predicted octanol–water partition coefficient (Wildman–Crippen LogP) is 2.84. The number of hydrogen-bond donors (Lipinski definition) is 1. The number of nitrogens with one attached hydrogen (secondary N) is 1. The smallest absolute Gasteiger partial charge is 0.234 e. The van der Waals surface area contributed by atoms with Crippen molar-refractivity contribution < 1.29 is 9.18 Å². The van der Waals surface area contributed by atoms with Crippen LogP contribution < -0.4 is 5.32 Å². The van der Waals surface area contributed by atoms with Gasteiger partial charge in [-0.25, -0.2) is 4.39 Å². The quantitative estimate of drug-likeness (QED) is 0.721. The van der Waals surface area contributed by atoms with Crippen LogP contribution in [0.2, 0.25) is 0 Å². The number of tetrazole rings is 1. The fraction of sp³-hybridized carbons (Fsp3) is 0.125. The molecule has 1 N–H and O–H groups in total. The molecule has 2 aromatic carbocycles. The van der Waals surface area contributed by atoms with Gasteiger partial charge in [0.25, 0.3) is 0 Å². The van der Waals surface area contributed by atoms with E-state index in [1.807, 2.05) is 30.3 Å². The van der Waals surface area contributed by atoms with E-state index in [-0.39, 0.29) is 17.5 Å². The molecule has 6 nitrogen and oxygen atoms in total. The Balaban J connectivity index is 1.63. The second-order valence-corrected chi connectivity index (χ2v) is 5.95. The molecular weight excluding hydrogens is 329 g/mol. The van der Waals surface area contributed by atoms with Crippen molar-refractivity contribution >= 4 is 23.4 Å². The molecule has 1 aromatic heterocycles. The normalized spacial score (nSPS) is 10.6. The van der Waals surface area contributed by atoms with Gasteiger partial charge in [-0.05, 0) is 47.2 Å². The van der Waals surface area contributed by atoms with Crippen molar-refractivity contribution in [3.8, 4) is 5.69 Å². The number of thioether (sulfide) groups is 1. The molecule has 0 unspecified atom stereocenters. The molecule has 0 spiro atoms. The maximum Gasteiger partial charge on any atom is 0.234 e. The number of rotatable bonds is 5. The molecule has 0 saturated carbocycles. The highest BCUT2D eigenvalue weighted by Gasteiger charge is 2.12. The predicted molar refractivity (Wildman–Crippen MR) is 89.6 cm³/mol. The SMILES string of the molecule is Cc1ccc(NC(=O)CSc2nnnn2-c2ccccc2)cc1F. The zero-order chi connectivity index (χ0) is 16.9. The number of para-hydroxylation sites is 1. The Morgan fingerprint density at radius 3 is 2.79 bits per heavy atom. The highest BCUT2D eigenvalue weighted by molar-refractivity contribution is 7.99. The van der Waals surface area contributed by atoms with Crippen molar-refractivity contribution in [1.82, 2.24) is 20.2 Å². The highest BCUT2D eigenvalue weighted by atomic mass is 32.2. The van der Waals surface area contributed by atoms with Crippen LogP contribution in [0.4, 0.5) is 10.1 Å². The average molecular weight is 343 g/mol. The van der Waals surface area contributed by atoms with Gasteiger partial charge >= 0.3 is 0 Å². The third-order valence-corrected chi connectivity index (χ3v) is 4.15. The minimum Gasteiger partial charge on any atom is -0.325 e. The first-order chi connectivity index (χ1) is 11.6. The van der Waals surface area contributed by atoms with Gasteiger partial charge in [-0.2, -0.15) is 4.68 Å². The molecule has 0 radical (unpaired) electrons. The first-order valence-corrected chi connectivity index (χ1v) is 8.14. The number of aromatic nitrogens is 4. The molecule has 8 heteroatoms. The average Bonchev–Trinajstić information content (AvgIpc) is 3.06. The lowest BCUT2D eigenvalue weighted by Crippen LogP contribution is -2.14. The van der Waals surface area contributed by atoms with Crippen LogP contribution in [0, 0.1) is 12.7 Å². The van der Waals surface area contributed by atoms with Crippen molar-refractivity contribution in [3.05, 3.63) is 59.9 Å². The maximum atomic E-state index is 13.5. The summed E-state index contributed by atoms with van der Waals surface area (Å²) in [4.78, 5) is 12.0. The summed E-state index contributed by atoms with van der Waals surface area (Å²) in [6, 6.07) is 14.0. The topological polar surface area (TPSA) is 72.7 Å². The third kappa shape index (κ3) is 3.77. The monoisotopic (exact) mass is 343 g/mol. The van der Waals surface area contributed by atoms with Crippen molar-refractivity contribution in [3.63, 3.8) is 0 Å². The maximum absolute atomic E-state index is 13.5. The Morgan fingerprint density at radius 2 is 2.04 bits per heavy atom. The Kier molecular flexibility index (Phi) is 4.85. The molecule has 0 aliphatic carbocycles. The van der Waals surface area contributed by atoms with Gasteiger partial charge in [-0.15, -0.1) is 5.10 Å². The summed E-state index contributed by atoms with van der Waals surface area (Å²) >= 11 is 1.20. The first-order valence-electron chi connectivity index (χ1n) is 7.16. The van der Waals surface area contributed by atoms with Crippen LogP contribution in [0.5, 0.6) is 0 Å². The molecule has 1 amide bonds. The molecule has 0 atom stereocenters. The van der Waals surface area contributed by atoms with Crippen LogP contribution in [0.1, 0.15) is 5.56 Å². The van der Waals surface area contributed by atoms with Gasteiger partial charge in [0.1, 0.15) is 5.82 Å². The second kappa shape index (κ2) is 7.22. The van der Waals surface area contributed by atoms with Crippen LogP contribution in [-0.2, 0) is 4.79 Å². The Morgan fingerprint density at radius 1 is 1.25 bits per heavy atom. The molecule has 3 rings (SSSR count). The van der Waals surface area contributed by atoms with E-state index in [0.29, 0.717) is 16.4 Å². The number of carbonyl (C=O) groups excluding carboxylic acids is 1. The van der Waals surface area contributed by atoms with Crippen LogP contribution in [0.3, 0.4) is 0 Å². The largest absolute Gasteiger partial charge is 0.325 e. The summed E-state index contributed by atoms with van der Waals surface area (Å²) in [5.74, 6) is -0.498. The standard InChI is InChI=1S/C16H14FN5OS/c1-11-7-8-12(9-14(11)17)18-15(23)10-24-16-19-20-21-22(16)13-5-3-2-4-6-13/h2-9H,10H2,1H3,(H,18,23). The van der Waals surface area contributed by atoms with E-state index in [2.05, 4.69) is 20.8 Å². The molecule has 3 aromatic rings. The number of halogens is 1. The number of anilines is 1. The molecule has 0 aliphatic rings. The van der Waals surface area contributed by atoms with E-state index in [9.17, 15) is 9.18 Å². The van der Waals surface area contributed by atoms with E-state index in [4.69, 9.17) is 0 Å². The van der Waals surface area contributed by atoms with Crippen molar-refractivity contribution in [2.75, 3.05) is 11.1 Å². The van der Waals surface area contributed by atoms with Crippen molar-refractivity contribution in [1.29, 1.82) is 0 Å². The highest BCUT2D eigenvalue weighted by Crippen LogP contribution is 2.19. The van der Waals surface area contributed by atoms with Crippen LogP contribution >= 0.6 is 11.8 Å². The third-order valence-electron chi connectivity index (χ3n) is 3.23. The summed E-state index contributed by atoms with van der Waals surface area (Å²) < 4.78 is 15.1. The number of amides is 1. The summed E-state index contributed by atoms with van der Waals surface area (Å²) in [7, 11) is 0. The number of benzene rings is 2. The first kappa shape index (κ1) is 16.1. The van der Waals surface area contributed by atoms with Crippen LogP contribution in [0.15, 0.2) is 53.7 Å². The number of carbonyl (C=O) groups is 1. The second-order valence-electron chi connectivity index (χ2n) is 5.01. The molecule has 24 heavy (non-hydrogen) atoms. The Bertz CT molecular complexity index is 853. The molecule has 0 bridgehead atoms. The van der Waals surface area contributed by atoms with Crippen molar-refractivity contribution in [2.45, 2.75) is 12.1 Å². The zero-order valence-corrected chi connectivity index (χ0v) is 13.6. The van der Waals surface area contributed by atoms with E-state index < -0.39 is 0 Å². The molecular formula is C16H14FN5OS. The zero-order valence-electron chi connectivity index (χ0n) is 12.8. The van der Waals surface area contributed by atoms with E-state index in [1.165, 1.54) is 17.8 Å². The fourth-order valence-electron chi connectivity index (χ4n) is 2.00. The van der Waals surface area contributed by atoms with Gasteiger partial charge in [0, 0.05) is 5.69 Å². The summed E-state index contributed by atoms with van der Waals surface area (Å²) in [5.41, 5.74) is 1.77. The van der Waals surface area contributed by atoms with Gasteiger partial charge in [0.15, 0.2) is 0 Å². The summed E-state index contributed by atoms with van der Waals surface area (Å²) in [6.07, 6.45) is 0. The van der Waals surface area contributed by atoms with Gasteiger partial charge < -0.3 is 5.32 Å². The fourth-order valence-corrected chi connectivity index (χ4v) is 2.69. The van der Waals surface area contributed by atoms with Gasteiger partial charge in [0.2, 0.25) is 11.1 Å². The molecule has 0 saturated heterocycles. The lowest BCUT2D eigenvalue weighted by atomic mass is 10.2. The van der Waals surface area contributed by atoms with Crippen molar-refractivity contribution in [2.24, 2.45) is 0 Å². The molecule has 0 aliphatic heterocycles. The number of aryl methyl sites for hydroxylation is 1. The molecule has 0 fully saturated rings. The lowest BCUT2D eigenvalue weighted by Gasteiger charge is -2.06. The van der Waals surface area contributed by atoms with E-state index in [1.54, 1.807) is 23.7 Å². The minimum absolute atomic E-state index is 0.114. The summed E-state index contributed by atoms with van der Waals surface area (Å²) in [5, 5.41) is 14.6. The minimum atomic E-state index is -0.353. The lowest BCUT2D eigenvalue weighted by molar-refractivity contribution is -0.113. The van der Waals surface area contributed by atoms with Crippen LogP contribution in [-0.4, -0.2) is 31.9 Å². The van der Waals surface area contributed by atoms with E-state index >= 15 is 0 Å². The summed E-state index contributed by atoms with van der Waals surface area (Å²) in [6.45, 7) is 1.67. The van der Waals surface area contributed by atoms with Gasteiger partial charge in [-0.3, -0.25) is 4.79 Å². The Labute approximate surface area is 142 Å². The Hall–Kier alpha value is -2.74.